The van der Waals surface area contributed by atoms with Gasteiger partial charge in [-0.3, -0.25) is 14.4 Å². The Labute approximate surface area is 220 Å². The summed E-state index contributed by atoms with van der Waals surface area (Å²) in [6.45, 7) is 3.77. The minimum Gasteiger partial charge on any atom is -0.349 e. The first kappa shape index (κ1) is 28.6. The normalized spacial score (nSPS) is 17.1. The van der Waals surface area contributed by atoms with Gasteiger partial charge in [0, 0.05) is 34.1 Å². The van der Waals surface area contributed by atoms with Gasteiger partial charge >= 0.3 is 6.43 Å². The lowest BCUT2D eigenvalue weighted by Crippen LogP contribution is -2.54. The number of amides is 3. The van der Waals surface area contributed by atoms with Crippen LogP contribution < -0.4 is 10.6 Å². The smallest absolute Gasteiger partial charge is 0.315 e. The minimum absolute atomic E-state index is 0. The Morgan fingerprint density at radius 3 is 2.50 bits per heavy atom. The number of pyridine rings is 1. The van der Waals surface area contributed by atoms with Crippen molar-refractivity contribution in [3.05, 3.63) is 71.8 Å². The summed E-state index contributed by atoms with van der Waals surface area (Å²) < 4.78 is 54.3. The van der Waals surface area contributed by atoms with Crippen LogP contribution in [0.2, 0.25) is 0 Å². The first-order valence-corrected chi connectivity index (χ1v) is 12.2. The molecule has 38 heavy (non-hydrogen) atoms. The van der Waals surface area contributed by atoms with Crippen LogP contribution in [0, 0.1) is 11.6 Å². The van der Waals surface area contributed by atoms with Crippen molar-refractivity contribution < 1.29 is 34.8 Å². The van der Waals surface area contributed by atoms with Crippen molar-refractivity contribution in [1.82, 2.24) is 24.9 Å². The fourth-order valence-corrected chi connectivity index (χ4v) is 4.27. The number of hydrogen-bond donors (Lipinski definition) is 2. The Hall–Kier alpha value is -3.96. The standard InChI is InChI=1S/C23H21F4N5O3.C3H8.2H2/c24-14-6-13(7-15(25)8-14)16-3-5-31(11-18(16)30-20(33)10-29-22(34)21(26)27)23(35)17-2-1-4-32-12-28-9-19(17)32;1-3-2;;/h1-2,4,6-9,12,16,18,21H,3,5,10-11H2,(H,29,34)(H,30,33);3H2,1-2H3;2*1H/t16-,18+;;;/m0.../s1. The zero-order valence-corrected chi connectivity index (χ0v) is 21.0. The summed E-state index contributed by atoms with van der Waals surface area (Å²) in [4.78, 5) is 42.3. The van der Waals surface area contributed by atoms with E-state index in [1.807, 2.05) is 5.32 Å². The Balaban J connectivity index is 0.00000153. The third-order valence-electron chi connectivity index (χ3n) is 5.86. The highest BCUT2D eigenvalue weighted by Gasteiger charge is 2.35. The number of rotatable bonds is 6. The van der Waals surface area contributed by atoms with Crippen LogP contribution in [0.15, 0.2) is 49.1 Å². The predicted molar refractivity (Wildman–Crippen MR) is 136 cm³/mol. The zero-order valence-electron chi connectivity index (χ0n) is 21.0. The van der Waals surface area contributed by atoms with Crippen LogP contribution in [0.3, 0.4) is 0 Å². The van der Waals surface area contributed by atoms with E-state index >= 15 is 0 Å². The van der Waals surface area contributed by atoms with E-state index in [1.54, 1.807) is 35.3 Å². The lowest BCUT2D eigenvalue weighted by atomic mass is 9.84. The number of benzene rings is 1. The number of nitrogens with one attached hydrogen (secondary N) is 2. The van der Waals surface area contributed by atoms with Gasteiger partial charge in [0.05, 0.1) is 36.2 Å². The summed E-state index contributed by atoms with van der Waals surface area (Å²) in [5, 5.41) is 4.42. The van der Waals surface area contributed by atoms with Gasteiger partial charge in [0.2, 0.25) is 5.91 Å². The molecule has 0 aliphatic carbocycles. The average molecular weight is 540 g/mol. The first-order valence-electron chi connectivity index (χ1n) is 12.2. The molecule has 12 heteroatoms. The van der Waals surface area contributed by atoms with E-state index in [0.717, 1.165) is 18.2 Å². The van der Waals surface area contributed by atoms with E-state index in [1.165, 1.54) is 11.3 Å². The number of imidazole rings is 1. The van der Waals surface area contributed by atoms with Crippen LogP contribution >= 0.6 is 0 Å². The molecule has 2 aromatic heterocycles. The maximum absolute atomic E-state index is 13.9. The second-order valence-electron chi connectivity index (χ2n) is 8.86. The van der Waals surface area contributed by atoms with E-state index in [2.05, 4.69) is 24.1 Å². The molecule has 0 saturated carbocycles. The lowest BCUT2D eigenvalue weighted by Gasteiger charge is -2.39. The Morgan fingerprint density at radius 1 is 1.16 bits per heavy atom. The molecule has 3 amide bonds. The van der Waals surface area contributed by atoms with Gasteiger partial charge in [0.15, 0.2) is 0 Å². The molecule has 0 radical (unpaired) electrons. The van der Waals surface area contributed by atoms with Crippen molar-refractivity contribution in [2.24, 2.45) is 0 Å². The largest absolute Gasteiger partial charge is 0.349 e. The average Bonchev–Trinajstić information content (AvgIpc) is 3.36. The first-order chi connectivity index (χ1) is 18.1. The molecule has 2 N–H and O–H groups in total. The summed E-state index contributed by atoms with van der Waals surface area (Å²) in [7, 11) is 0. The number of aromatic nitrogens is 2. The number of hydrogen-bond acceptors (Lipinski definition) is 4. The second-order valence-corrected chi connectivity index (χ2v) is 8.86. The van der Waals surface area contributed by atoms with Crippen LogP contribution in [0.4, 0.5) is 17.6 Å². The van der Waals surface area contributed by atoms with Gasteiger partial charge < -0.3 is 19.9 Å². The van der Waals surface area contributed by atoms with Gasteiger partial charge in [-0.1, -0.05) is 20.3 Å². The number of likely N-dealkylation sites (tertiary alicyclic amines) is 1. The van der Waals surface area contributed by atoms with E-state index in [9.17, 15) is 31.9 Å². The van der Waals surface area contributed by atoms with Crippen LogP contribution in [0.1, 0.15) is 51.4 Å². The molecular formula is C26H33F4N5O3. The van der Waals surface area contributed by atoms with E-state index < -0.39 is 48.4 Å². The Bertz CT molecular complexity index is 1270. The highest BCUT2D eigenvalue weighted by Crippen LogP contribution is 2.30. The quantitative estimate of drug-likeness (QED) is 0.463. The number of halogens is 4. The third-order valence-corrected chi connectivity index (χ3v) is 5.86. The zero-order chi connectivity index (χ0) is 27.8. The van der Waals surface area contributed by atoms with Crippen molar-refractivity contribution in [2.75, 3.05) is 19.6 Å². The highest BCUT2D eigenvalue weighted by atomic mass is 19.3. The third kappa shape index (κ3) is 7.08. The molecule has 8 nitrogen and oxygen atoms in total. The van der Waals surface area contributed by atoms with Crippen LogP contribution in [0.25, 0.3) is 5.52 Å². The molecule has 3 aromatic rings. The molecule has 1 aliphatic heterocycles. The number of carbonyl (C=O) groups is 3. The molecule has 0 unspecified atom stereocenters. The molecule has 2 atom stereocenters. The van der Waals surface area contributed by atoms with Gasteiger partial charge in [-0.25, -0.2) is 13.8 Å². The summed E-state index contributed by atoms with van der Waals surface area (Å²) >= 11 is 0. The maximum atomic E-state index is 13.9. The Morgan fingerprint density at radius 2 is 1.84 bits per heavy atom. The molecule has 3 heterocycles. The van der Waals surface area contributed by atoms with Gasteiger partial charge in [-0.05, 0) is 36.2 Å². The number of piperidine rings is 1. The number of carbonyl (C=O) groups excluding carboxylic acids is 3. The number of fused-ring (bicyclic) bond motifs is 1. The van der Waals surface area contributed by atoms with Gasteiger partial charge in [0.25, 0.3) is 11.8 Å². The molecule has 0 spiro atoms. The molecular weight excluding hydrogens is 506 g/mol. The van der Waals surface area contributed by atoms with E-state index in [0.29, 0.717) is 11.1 Å². The molecule has 1 saturated heterocycles. The maximum Gasteiger partial charge on any atom is 0.315 e. The molecule has 1 aliphatic rings. The summed E-state index contributed by atoms with van der Waals surface area (Å²) in [5.41, 5.74) is 1.26. The van der Waals surface area contributed by atoms with Crippen LogP contribution in [-0.2, 0) is 9.59 Å². The minimum atomic E-state index is -3.28. The fourth-order valence-electron chi connectivity index (χ4n) is 4.27. The van der Waals surface area contributed by atoms with Gasteiger partial charge in [-0.15, -0.1) is 0 Å². The van der Waals surface area contributed by atoms with Crippen LogP contribution in [0.5, 0.6) is 0 Å². The summed E-state index contributed by atoms with van der Waals surface area (Å²) in [6, 6.07) is 5.55. The van der Waals surface area contributed by atoms with Crippen molar-refractivity contribution in [2.45, 2.75) is 45.1 Å². The molecule has 1 aromatic carbocycles. The second kappa shape index (κ2) is 13.0. The highest BCUT2D eigenvalue weighted by molar-refractivity contribution is 6.00. The molecule has 0 bridgehead atoms. The topological polar surface area (TPSA) is 95.8 Å². The van der Waals surface area contributed by atoms with Gasteiger partial charge in [-0.2, -0.15) is 8.78 Å². The van der Waals surface area contributed by atoms with E-state index in [-0.39, 0.29) is 33.8 Å². The summed E-state index contributed by atoms with van der Waals surface area (Å²) in [5.74, 6) is -4.85. The molecule has 1 fully saturated rings. The van der Waals surface area contributed by atoms with Gasteiger partial charge in [0.1, 0.15) is 11.6 Å². The fraction of sp³-hybridized carbons (Fsp3) is 0.385. The van der Waals surface area contributed by atoms with Crippen LogP contribution in [-0.4, -0.2) is 64.1 Å². The monoisotopic (exact) mass is 539 g/mol. The number of nitrogens with zero attached hydrogens (tertiary/aromatic N) is 3. The van der Waals surface area contributed by atoms with E-state index in [4.69, 9.17) is 0 Å². The molecule has 4 rings (SSSR count). The summed E-state index contributed by atoms with van der Waals surface area (Å²) in [6.07, 6.45) is 3.07. The SMILES string of the molecule is CCC.O=C(CNC(=O)C(F)F)N[C@@H]1CN(C(=O)c2cccn3cncc23)CC[C@H]1c1cc(F)cc(F)c1.[HH].[HH]. The predicted octanol–water partition coefficient (Wildman–Crippen LogP) is 4.02. The number of alkyl halides is 2. The van der Waals surface area contributed by atoms with Crippen molar-refractivity contribution in [1.29, 1.82) is 0 Å². The van der Waals surface area contributed by atoms with Crippen molar-refractivity contribution in [3.63, 3.8) is 0 Å². The van der Waals surface area contributed by atoms with Crippen molar-refractivity contribution >= 4 is 23.2 Å². The Kier molecular flexibility index (Phi) is 9.80. The van der Waals surface area contributed by atoms with Crippen molar-refractivity contribution in [3.8, 4) is 0 Å². The molecule has 208 valence electrons. The lowest BCUT2D eigenvalue weighted by molar-refractivity contribution is -0.134.